The van der Waals surface area contributed by atoms with E-state index in [2.05, 4.69) is 20.2 Å². The molecule has 1 amide bonds. The van der Waals surface area contributed by atoms with E-state index in [0.717, 1.165) is 36.1 Å². The molecule has 180 valence electrons. The minimum Gasteiger partial charge on any atom is -0.378 e. The highest BCUT2D eigenvalue weighted by Crippen LogP contribution is 2.33. The zero-order valence-corrected chi connectivity index (χ0v) is 19.4. The van der Waals surface area contributed by atoms with Crippen molar-refractivity contribution in [2.75, 3.05) is 50.0 Å². The van der Waals surface area contributed by atoms with Crippen LogP contribution in [0.5, 0.6) is 0 Å². The van der Waals surface area contributed by atoms with E-state index in [-0.39, 0.29) is 5.91 Å². The standard InChI is InChI=1S/C24H32N8O2/c25-10-3-11-26-24-29-21(20-22(30-24)32(16-27-20)19-4-1-2-5-19)28-18-8-6-17(7-9-18)23(33)31-12-14-34-15-13-31/h6-9,16,19H,1-5,10-15,25H2,(H2,26,28,29,30). The molecular weight excluding hydrogens is 432 g/mol. The molecule has 2 aromatic heterocycles. The number of hydrogen-bond acceptors (Lipinski definition) is 8. The van der Waals surface area contributed by atoms with Crippen LogP contribution in [0.25, 0.3) is 11.2 Å². The monoisotopic (exact) mass is 464 g/mol. The van der Waals surface area contributed by atoms with Crippen molar-refractivity contribution in [3.8, 4) is 0 Å². The van der Waals surface area contributed by atoms with Crippen LogP contribution in [0.3, 0.4) is 0 Å². The van der Waals surface area contributed by atoms with Crippen molar-refractivity contribution in [3.63, 3.8) is 0 Å². The minimum absolute atomic E-state index is 0.0287. The van der Waals surface area contributed by atoms with E-state index in [1.54, 1.807) is 0 Å². The van der Waals surface area contributed by atoms with Crippen LogP contribution in [0.4, 0.5) is 17.5 Å². The molecule has 10 heteroatoms. The van der Waals surface area contributed by atoms with E-state index in [0.29, 0.717) is 62.8 Å². The SMILES string of the molecule is NCCCNc1nc(Nc2ccc(C(=O)N3CCOCC3)cc2)c2ncn(C3CCCC3)c2n1. The molecule has 0 bridgehead atoms. The molecule has 0 radical (unpaired) electrons. The number of nitrogens with one attached hydrogen (secondary N) is 2. The van der Waals surface area contributed by atoms with Crippen LogP contribution >= 0.6 is 0 Å². The zero-order chi connectivity index (χ0) is 23.3. The highest BCUT2D eigenvalue weighted by molar-refractivity contribution is 5.95. The molecule has 3 heterocycles. The Morgan fingerprint density at radius 1 is 1.12 bits per heavy atom. The van der Waals surface area contributed by atoms with Gasteiger partial charge in [-0.25, -0.2) is 4.98 Å². The molecule has 5 rings (SSSR count). The van der Waals surface area contributed by atoms with Gasteiger partial charge < -0.3 is 30.6 Å². The number of benzene rings is 1. The molecule has 2 fully saturated rings. The van der Waals surface area contributed by atoms with Gasteiger partial charge in [-0.3, -0.25) is 4.79 Å². The predicted molar refractivity (Wildman–Crippen MR) is 131 cm³/mol. The maximum Gasteiger partial charge on any atom is 0.254 e. The molecule has 0 unspecified atom stereocenters. The Morgan fingerprint density at radius 2 is 1.88 bits per heavy atom. The molecule has 1 aromatic carbocycles. The van der Waals surface area contributed by atoms with Gasteiger partial charge in [0.25, 0.3) is 5.91 Å². The average Bonchev–Trinajstić information content (AvgIpc) is 3.55. The minimum atomic E-state index is 0.0287. The van der Waals surface area contributed by atoms with Crippen LogP contribution < -0.4 is 16.4 Å². The fourth-order valence-corrected chi connectivity index (χ4v) is 4.62. The molecule has 1 aliphatic carbocycles. The number of nitrogens with zero attached hydrogens (tertiary/aromatic N) is 5. The lowest BCUT2D eigenvalue weighted by Gasteiger charge is -2.26. The molecule has 10 nitrogen and oxygen atoms in total. The molecule has 4 N–H and O–H groups in total. The Morgan fingerprint density at radius 3 is 2.62 bits per heavy atom. The topological polar surface area (TPSA) is 123 Å². The predicted octanol–water partition coefficient (Wildman–Crippen LogP) is 2.92. The molecule has 1 saturated carbocycles. The number of fused-ring (bicyclic) bond motifs is 1. The molecule has 1 saturated heterocycles. The Bertz CT molecular complexity index is 1120. The zero-order valence-electron chi connectivity index (χ0n) is 19.4. The first-order valence-electron chi connectivity index (χ1n) is 12.2. The molecule has 3 aromatic rings. The summed E-state index contributed by atoms with van der Waals surface area (Å²) in [6.45, 7) is 3.74. The number of carbonyl (C=O) groups excluding carboxylic acids is 1. The van der Waals surface area contributed by atoms with Crippen LogP contribution in [-0.4, -0.2) is 69.7 Å². The second kappa shape index (κ2) is 10.4. The van der Waals surface area contributed by atoms with Gasteiger partial charge in [-0.1, -0.05) is 12.8 Å². The third kappa shape index (κ3) is 4.83. The summed E-state index contributed by atoms with van der Waals surface area (Å²) in [6.07, 6.45) is 7.48. The number of aromatic nitrogens is 4. The summed E-state index contributed by atoms with van der Waals surface area (Å²) in [7, 11) is 0. The highest BCUT2D eigenvalue weighted by atomic mass is 16.5. The number of hydrogen-bond donors (Lipinski definition) is 3. The third-order valence-electron chi connectivity index (χ3n) is 6.50. The lowest BCUT2D eigenvalue weighted by atomic mass is 10.1. The number of imidazole rings is 1. The van der Waals surface area contributed by atoms with Gasteiger partial charge in [0.05, 0.1) is 19.5 Å². The van der Waals surface area contributed by atoms with E-state index >= 15 is 0 Å². The van der Waals surface area contributed by atoms with E-state index in [4.69, 9.17) is 20.4 Å². The van der Waals surface area contributed by atoms with Gasteiger partial charge in [0.1, 0.15) is 0 Å². The first-order valence-corrected chi connectivity index (χ1v) is 12.2. The van der Waals surface area contributed by atoms with Crippen molar-refractivity contribution in [2.45, 2.75) is 38.1 Å². The van der Waals surface area contributed by atoms with Gasteiger partial charge in [0, 0.05) is 36.9 Å². The van der Waals surface area contributed by atoms with Crippen molar-refractivity contribution in [2.24, 2.45) is 5.73 Å². The van der Waals surface area contributed by atoms with Crippen molar-refractivity contribution >= 4 is 34.5 Å². The van der Waals surface area contributed by atoms with Gasteiger partial charge in [0.15, 0.2) is 17.0 Å². The van der Waals surface area contributed by atoms with Crippen LogP contribution in [0, 0.1) is 0 Å². The van der Waals surface area contributed by atoms with Gasteiger partial charge in [-0.05, 0) is 50.1 Å². The van der Waals surface area contributed by atoms with Gasteiger partial charge in [-0.15, -0.1) is 0 Å². The van der Waals surface area contributed by atoms with Gasteiger partial charge in [-0.2, -0.15) is 9.97 Å². The highest BCUT2D eigenvalue weighted by Gasteiger charge is 2.22. The lowest BCUT2D eigenvalue weighted by molar-refractivity contribution is 0.0303. The fourth-order valence-electron chi connectivity index (χ4n) is 4.62. The average molecular weight is 465 g/mol. The molecule has 2 aliphatic rings. The smallest absolute Gasteiger partial charge is 0.254 e. The summed E-state index contributed by atoms with van der Waals surface area (Å²) in [4.78, 5) is 28.7. The molecule has 0 atom stereocenters. The van der Waals surface area contributed by atoms with Crippen molar-refractivity contribution in [3.05, 3.63) is 36.2 Å². The van der Waals surface area contributed by atoms with Crippen LogP contribution in [-0.2, 0) is 4.74 Å². The summed E-state index contributed by atoms with van der Waals surface area (Å²) in [6, 6.07) is 7.91. The van der Waals surface area contributed by atoms with E-state index < -0.39 is 0 Å². The fraction of sp³-hybridized carbons (Fsp3) is 0.500. The number of ether oxygens (including phenoxy) is 1. The number of carbonyl (C=O) groups is 1. The third-order valence-corrected chi connectivity index (χ3v) is 6.50. The van der Waals surface area contributed by atoms with Crippen LogP contribution in [0.1, 0.15) is 48.5 Å². The Hall–Kier alpha value is -3.24. The number of morpholine rings is 1. The normalized spacial score (nSPS) is 16.8. The number of amides is 1. The number of rotatable bonds is 8. The number of nitrogens with two attached hydrogens (primary N) is 1. The van der Waals surface area contributed by atoms with Crippen LogP contribution in [0.2, 0.25) is 0 Å². The van der Waals surface area contributed by atoms with Gasteiger partial charge >= 0.3 is 0 Å². The van der Waals surface area contributed by atoms with Crippen molar-refractivity contribution in [1.82, 2.24) is 24.4 Å². The molecular formula is C24H32N8O2. The van der Waals surface area contributed by atoms with E-state index in [1.165, 1.54) is 12.8 Å². The maximum absolute atomic E-state index is 12.7. The largest absolute Gasteiger partial charge is 0.378 e. The summed E-state index contributed by atoms with van der Waals surface area (Å²) >= 11 is 0. The van der Waals surface area contributed by atoms with Crippen molar-refractivity contribution < 1.29 is 9.53 Å². The Labute approximate surface area is 198 Å². The van der Waals surface area contributed by atoms with Crippen molar-refractivity contribution in [1.29, 1.82) is 0 Å². The molecule has 34 heavy (non-hydrogen) atoms. The summed E-state index contributed by atoms with van der Waals surface area (Å²) in [5, 5.41) is 6.68. The summed E-state index contributed by atoms with van der Waals surface area (Å²) in [5.41, 5.74) is 8.72. The Kier molecular flexibility index (Phi) is 6.87. The lowest BCUT2D eigenvalue weighted by Crippen LogP contribution is -2.40. The van der Waals surface area contributed by atoms with Crippen LogP contribution in [0.15, 0.2) is 30.6 Å². The summed E-state index contributed by atoms with van der Waals surface area (Å²) < 4.78 is 7.53. The second-order valence-electron chi connectivity index (χ2n) is 8.83. The molecule has 1 aliphatic heterocycles. The maximum atomic E-state index is 12.7. The first kappa shape index (κ1) is 22.5. The van der Waals surface area contributed by atoms with E-state index in [9.17, 15) is 4.79 Å². The summed E-state index contributed by atoms with van der Waals surface area (Å²) in [5.74, 6) is 1.23. The molecule has 0 spiro atoms. The Balaban J connectivity index is 1.40. The quantitative estimate of drug-likeness (QED) is 0.435. The number of anilines is 3. The first-order chi connectivity index (χ1) is 16.7. The van der Waals surface area contributed by atoms with E-state index in [1.807, 2.05) is 35.5 Å². The van der Waals surface area contributed by atoms with Gasteiger partial charge in [0.2, 0.25) is 5.95 Å². The second-order valence-corrected chi connectivity index (χ2v) is 8.83.